The average molecular weight is 326 g/mol. The van der Waals surface area contributed by atoms with E-state index in [4.69, 9.17) is 0 Å². The molecule has 1 amide bonds. The van der Waals surface area contributed by atoms with E-state index in [1.54, 1.807) is 10.8 Å². The first-order valence-corrected chi connectivity index (χ1v) is 9.27. The number of hydrogen-bond donors (Lipinski definition) is 1. The fraction of sp³-hybridized carbons (Fsp3) is 0.714. The largest absolute Gasteiger partial charge is 0.353 e. The summed E-state index contributed by atoms with van der Waals surface area (Å²) in [5.41, 5.74) is 0. The zero-order chi connectivity index (χ0) is 15.7. The molecule has 0 bridgehead atoms. The normalized spacial score (nSPS) is 23.4. The van der Waals surface area contributed by atoms with E-state index in [0.29, 0.717) is 25.6 Å². The maximum absolute atomic E-state index is 12.6. The molecule has 1 aliphatic carbocycles. The van der Waals surface area contributed by atoms with Crippen LogP contribution in [-0.2, 0) is 21.4 Å². The van der Waals surface area contributed by atoms with Gasteiger partial charge in [-0.3, -0.25) is 4.79 Å². The van der Waals surface area contributed by atoms with Gasteiger partial charge in [-0.15, -0.1) is 0 Å². The lowest BCUT2D eigenvalue weighted by Crippen LogP contribution is -2.45. The van der Waals surface area contributed by atoms with Crippen molar-refractivity contribution in [2.45, 2.75) is 50.2 Å². The Kier molecular flexibility index (Phi) is 4.22. The van der Waals surface area contributed by atoms with Crippen LogP contribution in [0.4, 0.5) is 0 Å². The third-order valence-electron chi connectivity index (χ3n) is 4.26. The SMILES string of the molecule is CCn1cnc(S(=O)(=O)N2CCC[C@@H](C(=O)NC3CC3)C2)c1. The maximum atomic E-state index is 12.6. The minimum atomic E-state index is -3.61. The van der Waals surface area contributed by atoms with Crippen LogP contribution in [0.3, 0.4) is 0 Å². The molecule has 1 aliphatic heterocycles. The molecule has 2 heterocycles. The number of hydrogen-bond acceptors (Lipinski definition) is 4. The molecule has 1 saturated heterocycles. The first-order chi connectivity index (χ1) is 10.5. The third-order valence-corrected chi connectivity index (χ3v) is 6.01. The second kappa shape index (κ2) is 6.00. The predicted octanol–water partition coefficient (Wildman–Crippen LogP) is 0.582. The second-order valence-corrected chi connectivity index (χ2v) is 7.91. The molecule has 8 heteroatoms. The Balaban J connectivity index is 1.71. The Bertz CT molecular complexity index is 651. The number of nitrogens with zero attached hydrogens (tertiary/aromatic N) is 3. The summed E-state index contributed by atoms with van der Waals surface area (Å²) < 4.78 is 28.4. The van der Waals surface area contributed by atoms with Gasteiger partial charge in [0.1, 0.15) is 0 Å². The zero-order valence-electron chi connectivity index (χ0n) is 12.7. The number of sulfonamides is 1. The third kappa shape index (κ3) is 3.17. The number of piperidine rings is 1. The Morgan fingerprint density at radius 1 is 1.41 bits per heavy atom. The quantitative estimate of drug-likeness (QED) is 0.858. The summed E-state index contributed by atoms with van der Waals surface area (Å²) >= 11 is 0. The first-order valence-electron chi connectivity index (χ1n) is 7.83. The van der Waals surface area contributed by atoms with E-state index in [9.17, 15) is 13.2 Å². The molecule has 3 rings (SSSR count). The summed E-state index contributed by atoms with van der Waals surface area (Å²) in [6, 6.07) is 0.305. The molecule has 0 radical (unpaired) electrons. The second-order valence-electron chi connectivity index (χ2n) is 6.03. The van der Waals surface area contributed by atoms with E-state index in [1.807, 2.05) is 6.92 Å². The van der Waals surface area contributed by atoms with Crippen molar-refractivity contribution < 1.29 is 13.2 Å². The number of rotatable bonds is 5. The molecule has 122 valence electrons. The van der Waals surface area contributed by atoms with Crippen LogP contribution in [0, 0.1) is 5.92 Å². The lowest BCUT2D eigenvalue weighted by atomic mass is 9.99. The molecule has 1 saturated carbocycles. The van der Waals surface area contributed by atoms with Crippen LogP contribution in [-0.4, -0.2) is 47.3 Å². The average Bonchev–Trinajstić information content (AvgIpc) is 3.19. The van der Waals surface area contributed by atoms with Gasteiger partial charge >= 0.3 is 0 Å². The van der Waals surface area contributed by atoms with E-state index >= 15 is 0 Å². The molecule has 2 fully saturated rings. The standard InChI is InChI=1S/C14H22N4O3S/c1-2-17-9-13(15-10-17)22(20,21)18-7-3-4-11(8-18)14(19)16-12-5-6-12/h9-12H,2-8H2,1H3,(H,16,19)/t11-/m1/s1. The van der Waals surface area contributed by atoms with Crippen molar-refractivity contribution in [2.75, 3.05) is 13.1 Å². The summed E-state index contributed by atoms with van der Waals surface area (Å²) in [5.74, 6) is -0.265. The molecule has 1 aromatic heterocycles. The smallest absolute Gasteiger partial charge is 0.262 e. The summed E-state index contributed by atoms with van der Waals surface area (Å²) in [7, 11) is -3.61. The topological polar surface area (TPSA) is 84.3 Å². The maximum Gasteiger partial charge on any atom is 0.262 e. The van der Waals surface area contributed by atoms with Gasteiger partial charge in [0.2, 0.25) is 5.91 Å². The van der Waals surface area contributed by atoms with Gasteiger partial charge in [-0.25, -0.2) is 13.4 Å². The number of amides is 1. The molecule has 1 atom stereocenters. The van der Waals surface area contributed by atoms with Gasteiger partial charge in [-0.2, -0.15) is 4.31 Å². The van der Waals surface area contributed by atoms with Crippen LogP contribution >= 0.6 is 0 Å². The number of imidazole rings is 1. The van der Waals surface area contributed by atoms with Crippen LogP contribution in [0.15, 0.2) is 17.6 Å². The molecule has 0 aromatic carbocycles. The van der Waals surface area contributed by atoms with Crippen LogP contribution in [0.2, 0.25) is 0 Å². The van der Waals surface area contributed by atoms with E-state index in [1.165, 1.54) is 10.6 Å². The summed E-state index contributed by atoms with van der Waals surface area (Å²) in [6.45, 7) is 3.31. The van der Waals surface area contributed by atoms with E-state index < -0.39 is 10.0 Å². The molecule has 1 N–H and O–H groups in total. The predicted molar refractivity (Wildman–Crippen MR) is 80.5 cm³/mol. The number of nitrogens with one attached hydrogen (secondary N) is 1. The summed E-state index contributed by atoms with van der Waals surface area (Å²) in [5, 5.41) is 3.04. The Morgan fingerprint density at radius 3 is 2.82 bits per heavy atom. The first kappa shape index (κ1) is 15.5. The van der Waals surface area contributed by atoms with Crippen molar-refractivity contribution in [3.63, 3.8) is 0 Å². The Labute approximate surface area is 130 Å². The minimum Gasteiger partial charge on any atom is -0.353 e. The van der Waals surface area contributed by atoms with E-state index in [0.717, 1.165) is 19.3 Å². The van der Waals surface area contributed by atoms with Gasteiger partial charge in [0.05, 0.1) is 12.2 Å². The van der Waals surface area contributed by atoms with E-state index in [2.05, 4.69) is 10.3 Å². The van der Waals surface area contributed by atoms with Crippen LogP contribution in [0.5, 0.6) is 0 Å². The molecule has 0 unspecified atom stereocenters. The highest BCUT2D eigenvalue weighted by atomic mass is 32.2. The van der Waals surface area contributed by atoms with Gasteiger partial charge in [0, 0.05) is 31.9 Å². The number of aryl methyl sites for hydroxylation is 1. The summed E-state index contributed by atoms with van der Waals surface area (Å²) in [6.07, 6.45) is 6.59. The number of carbonyl (C=O) groups is 1. The molecule has 7 nitrogen and oxygen atoms in total. The molecule has 1 aromatic rings. The van der Waals surface area contributed by atoms with Crippen LogP contribution < -0.4 is 5.32 Å². The van der Waals surface area contributed by atoms with E-state index in [-0.39, 0.29) is 23.4 Å². The molecule has 2 aliphatic rings. The lowest BCUT2D eigenvalue weighted by molar-refractivity contribution is -0.126. The van der Waals surface area contributed by atoms with Crippen LogP contribution in [0.1, 0.15) is 32.6 Å². The van der Waals surface area contributed by atoms with Crippen molar-refractivity contribution in [3.8, 4) is 0 Å². The van der Waals surface area contributed by atoms with Crippen molar-refractivity contribution >= 4 is 15.9 Å². The highest BCUT2D eigenvalue weighted by Crippen LogP contribution is 2.25. The van der Waals surface area contributed by atoms with Crippen molar-refractivity contribution in [1.82, 2.24) is 19.2 Å². The number of aromatic nitrogens is 2. The molecular weight excluding hydrogens is 304 g/mol. The zero-order valence-corrected chi connectivity index (χ0v) is 13.6. The monoisotopic (exact) mass is 326 g/mol. The fourth-order valence-corrected chi connectivity index (χ4v) is 4.16. The molecular formula is C14H22N4O3S. The molecule has 0 spiro atoms. The van der Waals surface area contributed by atoms with Gasteiger partial charge in [-0.05, 0) is 32.6 Å². The lowest BCUT2D eigenvalue weighted by Gasteiger charge is -2.30. The highest BCUT2D eigenvalue weighted by molar-refractivity contribution is 7.89. The Hall–Kier alpha value is -1.41. The van der Waals surface area contributed by atoms with Crippen LogP contribution in [0.25, 0.3) is 0 Å². The van der Waals surface area contributed by atoms with Crippen molar-refractivity contribution in [2.24, 2.45) is 5.92 Å². The van der Waals surface area contributed by atoms with Gasteiger partial charge in [0.15, 0.2) is 5.03 Å². The highest BCUT2D eigenvalue weighted by Gasteiger charge is 2.36. The Morgan fingerprint density at radius 2 is 2.18 bits per heavy atom. The summed E-state index contributed by atoms with van der Waals surface area (Å²) in [4.78, 5) is 16.2. The fourth-order valence-electron chi connectivity index (χ4n) is 2.70. The van der Waals surface area contributed by atoms with Crippen molar-refractivity contribution in [3.05, 3.63) is 12.5 Å². The molecule has 22 heavy (non-hydrogen) atoms. The number of carbonyl (C=O) groups excluding carboxylic acids is 1. The van der Waals surface area contributed by atoms with Gasteiger partial charge in [0.25, 0.3) is 10.0 Å². The minimum absolute atomic E-state index is 0.0125. The van der Waals surface area contributed by atoms with Crippen molar-refractivity contribution in [1.29, 1.82) is 0 Å². The van der Waals surface area contributed by atoms with Gasteiger partial charge < -0.3 is 9.88 Å². The van der Waals surface area contributed by atoms with Gasteiger partial charge in [-0.1, -0.05) is 0 Å².